The van der Waals surface area contributed by atoms with E-state index in [1.54, 1.807) is 0 Å². The minimum absolute atomic E-state index is 0.0221. The summed E-state index contributed by atoms with van der Waals surface area (Å²) in [6, 6.07) is 10.3. The Morgan fingerprint density at radius 1 is 1.08 bits per heavy atom. The predicted molar refractivity (Wildman–Crippen MR) is 89.7 cm³/mol. The van der Waals surface area contributed by atoms with Gasteiger partial charge in [0.05, 0.1) is 0 Å². The highest BCUT2D eigenvalue weighted by atomic mass is 32.2. The van der Waals surface area contributed by atoms with Crippen molar-refractivity contribution in [3.63, 3.8) is 0 Å². The molecule has 4 rings (SSSR count). The van der Waals surface area contributed by atoms with Crippen LogP contribution in [0.5, 0.6) is 5.75 Å². The molecule has 1 fully saturated rings. The lowest BCUT2D eigenvalue weighted by atomic mass is 10.0. The third kappa shape index (κ3) is 2.85. The molecule has 5 nitrogen and oxygen atoms in total. The maximum absolute atomic E-state index is 13.9. The van der Waals surface area contributed by atoms with Gasteiger partial charge in [-0.1, -0.05) is 12.1 Å². The summed E-state index contributed by atoms with van der Waals surface area (Å²) < 4.78 is 44.6. The second-order valence-electron chi connectivity index (χ2n) is 6.04. The summed E-state index contributed by atoms with van der Waals surface area (Å²) in [6.45, 7) is 2.11. The van der Waals surface area contributed by atoms with Gasteiger partial charge >= 0.3 is 10.3 Å². The maximum Gasteiger partial charge on any atom is 0.382 e. The van der Waals surface area contributed by atoms with E-state index in [0.717, 1.165) is 24.3 Å². The van der Waals surface area contributed by atoms with Gasteiger partial charge in [0.1, 0.15) is 5.82 Å². The largest absolute Gasteiger partial charge is 0.382 e. The molecule has 0 aromatic heterocycles. The van der Waals surface area contributed by atoms with Gasteiger partial charge in [0.15, 0.2) is 5.75 Å². The van der Waals surface area contributed by atoms with E-state index in [9.17, 15) is 12.8 Å². The summed E-state index contributed by atoms with van der Waals surface area (Å²) in [7, 11) is -3.84. The normalized spacial score (nSPS) is 19.0. The molecule has 2 aromatic rings. The second-order valence-corrected chi connectivity index (χ2v) is 7.40. The van der Waals surface area contributed by atoms with Gasteiger partial charge < -0.3 is 9.08 Å². The van der Waals surface area contributed by atoms with Crippen LogP contribution >= 0.6 is 0 Å². The highest BCUT2D eigenvalue weighted by molar-refractivity contribution is 7.85. The van der Waals surface area contributed by atoms with E-state index in [1.807, 2.05) is 24.3 Å². The number of hydrogen-bond acceptors (Lipinski definition) is 4. The number of benzene rings is 2. The van der Waals surface area contributed by atoms with E-state index in [2.05, 4.69) is 9.62 Å². The van der Waals surface area contributed by atoms with Crippen LogP contribution in [0.25, 0.3) is 11.1 Å². The molecule has 0 radical (unpaired) electrons. The maximum atomic E-state index is 13.9. The molecule has 2 aromatic carbocycles. The fraction of sp³-hybridized carbons (Fsp3) is 0.294. The first kappa shape index (κ1) is 15.4. The number of rotatable bonds is 2. The summed E-state index contributed by atoms with van der Waals surface area (Å²) in [5.74, 6) is -0.221. The minimum atomic E-state index is -3.84. The molecule has 0 saturated carbocycles. The lowest BCUT2D eigenvalue weighted by Crippen LogP contribution is -2.32. The van der Waals surface area contributed by atoms with Gasteiger partial charge in [-0.3, -0.25) is 0 Å². The average Bonchev–Trinajstić information content (AvgIpc) is 3.09. The number of anilines is 1. The van der Waals surface area contributed by atoms with Crippen LogP contribution in [0, 0.1) is 5.82 Å². The zero-order chi connectivity index (χ0) is 16.7. The fourth-order valence-electron chi connectivity index (χ4n) is 3.23. The molecular weight excluding hydrogens is 331 g/mol. The number of nitrogens with one attached hydrogen (secondary N) is 1. The molecule has 24 heavy (non-hydrogen) atoms. The molecule has 1 saturated heterocycles. The van der Waals surface area contributed by atoms with E-state index in [-0.39, 0.29) is 12.3 Å². The Hall–Kier alpha value is -2.12. The average molecular weight is 348 g/mol. The fourth-order valence-corrected chi connectivity index (χ4v) is 4.03. The third-order valence-corrected chi connectivity index (χ3v) is 5.30. The van der Waals surface area contributed by atoms with Crippen molar-refractivity contribution in [1.29, 1.82) is 0 Å². The van der Waals surface area contributed by atoms with Crippen LogP contribution in [0.2, 0.25) is 0 Å². The summed E-state index contributed by atoms with van der Waals surface area (Å²) in [4.78, 5) is 2.30. The van der Waals surface area contributed by atoms with Gasteiger partial charge in [-0.25, -0.2) is 4.39 Å². The third-order valence-electron chi connectivity index (χ3n) is 4.41. The molecule has 2 aliphatic heterocycles. The molecule has 0 unspecified atom stereocenters. The van der Waals surface area contributed by atoms with Crippen molar-refractivity contribution < 1.29 is 17.0 Å². The Bertz CT molecular complexity index is 875. The monoisotopic (exact) mass is 348 g/mol. The SMILES string of the molecule is O=S1(=O)NCc2cc(F)cc(-c3ccc(N4CCCC4)cc3)c2O1. The highest BCUT2D eigenvalue weighted by Gasteiger charge is 2.26. The molecule has 1 N–H and O–H groups in total. The summed E-state index contributed by atoms with van der Waals surface area (Å²) >= 11 is 0. The van der Waals surface area contributed by atoms with E-state index < -0.39 is 16.1 Å². The van der Waals surface area contributed by atoms with E-state index >= 15 is 0 Å². The van der Waals surface area contributed by atoms with Gasteiger partial charge in [-0.05, 0) is 42.7 Å². The molecule has 0 aliphatic carbocycles. The van der Waals surface area contributed by atoms with Crippen molar-refractivity contribution in [2.75, 3.05) is 18.0 Å². The summed E-state index contributed by atoms with van der Waals surface area (Å²) in [5.41, 5.74) is 2.79. The molecule has 2 aliphatic rings. The lowest BCUT2D eigenvalue weighted by molar-refractivity contribution is 0.452. The number of nitrogens with zero attached hydrogens (tertiary/aromatic N) is 1. The standard InChI is InChI=1S/C17H17FN2O3S/c18-14-9-13-11-19-24(21,22)23-17(13)16(10-14)12-3-5-15(6-4-12)20-7-1-2-8-20/h3-6,9-10,19H,1-2,7-8,11H2. The van der Waals surface area contributed by atoms with Crippen molar-refractivity contribution in [3.05, 3.63) is 47.8 Å². The van der Waals surface area contributed by atoms with Crippen molar-refractivity contribution in [3.8, 4) is 16.9 Å². The van der Waals surface area contributed by atoms with Crippen LogP contribution in [0.15, 0.2) is 36.4 Å². The first-order valence-corrected chi connectivity index (χ1v) is 9.29. The molecular formula is C17H17FN2O3S. The van der Waals surface area contributed by atoms with Gasteiger partial charge in [0, 0.05) is 36.4 Å². The number of halogens is 1. The molecule has 0 amide bonds. The minimum Gasteiger partial charge on any atom is -0.372 e. The van der Waals surface area contributed by atoms with E-state index in [4.69, 9.17) is 4.18 Å². The number of hydrogen-bond donors (Lipinski definition) is 1. The Balaban J connectivity index is 1.75. The van der Waals surface area contributed by atoms with Crippen molar-refractivity contribution >= 4 is 16.0 Å². The van der Waals surface area contributed by atoms with Crippen LogP contribution in [-0.2, 0) is 16.8 Å². The van der Waals surface area contributed by atoms with Gasteiger partial charge in [0.25, 0.3) is 0 Å². The van der Waals surface area contributed by atoms with Gasteiger partial charge in [-0.15, -0.1) is 0 Å². The Kier molecular flexibility index (Phi) is 3.69. The Morgan fingerprint density at radius 3 is 2.50 bits per heavy atom. The summed E-state index contributed by atoms with van der Waals surface area (Å²) in [5, 5.41) is 0. The molecule has 2 heterocycles. The van der Waals surface area contributed by atoms with E-state index in [0.29, 0.717) is 11.1 Å². The second kappa shape index (κ2) is 5.75. The molecule has 0 bridgehead atoms. The zero-order valence-corrected chi connectivity index (χ0v) is 13.8. The zero-order valence-electron chi connectivity index (χ0n) is 13.0. The van der Waals surface area contributed by atoms with Gasteiger partial charge in [-0.2, -0.15) is 13.1 Å². The molecule has 0 spiro atoms. The van der Waals surface area contributed by atoms with Crippen molar-refractivity contribution in [1.82, 2.24) is 4.72 Å². The quantitative estimate of drug-likeness (QED) is 0.907. The highest BCUT2D eigenvalue weighted by Crippen LogP contribution is 2.37. The topological polar surface area (TPSA) is 58.6 Å². The van der Waals surface area contributed by atoms with Crippen LogP contribution in [-0.4, -0.2) is 21.5 Å². The summed E-state index contributed by atoms with van der Waals surface area (Å²) in [6.07, 6.45) is 2.38. The van der Waals surface area contributed by atoms with Crippen LogP contribution in [0.3, 0.4) is 0 Å². The predicted octanol–water partition coefficient (Wildman–Crippen LogP) is 2.82. The lowest BCUT2D eigenvalue weighted by Gasteiger charge is -2.21. The molecule has 0 atom stereocenters. The number of fused-ring (bicyclic) bond motifs is 1. The van der Waals surface area contributed by atoms with Crippen LogP contribution in [0.1, 0.15) is 18.4 Å². The Morgan fingerprint density at radius 2 is 1.79 bits per heavy atom. The van der Waals surface area contributed by atoms with Crippen LogP contribution < -0.4 is 13.8 Å². The first-order valence-electron chi connectivity index (χ1n) is 7.89. The van der Waals surface area contributed by atoms with Gasteiger partial charge in [0.2, 0.25) is 0 Å². The van der Waals surface area contributed by atoms with Crippen molar-refractivity contribution in [2.24, 2.45) is 0 Å². The smallest absolute Gasteiger partial charge is 0.372 e. The first-order chi connectivity index (χ1) is 11.5. The van der Waals surface area contributed by atoms with Crippen molar-refractivity contribution in [2.45, 2.75) is 19.4 Å². The van der Waals surface area contributed by atoms with Crippen LogP contribution in [0.4, 0.5) is 10.1 Å². The van der Waals surface area contributed by atoms with E-state index in [1.165, 1.54) is 25.0 Å². The molecule has 126 valence electrons. The molecule has 7 heteroatoms. The Labute approximate surface area is 140 Å².